The summed E-state index contributed by atoms with van der Waals surface area (Å²) in [5.41, 5.74) is 3.06. The minimum atomic E-state index is -0.611. The van der Waals surface area contributed by atoms with Gasteiger partial charge in [0.1, 0.15) is 12.1 Å². The number of hydrogen-bond donors (Lipinski definition) is 0. The van der Waals surface area contributed by atoms with Crippen LogP contribution in [0.4, 0.5) is 0 Å². The van der Waals surface area contributed by atoms with Crippen LogP contribution in [0, 0.1) is 0 Å². The lowest BCUT2D eigenvalue weighted by atomic mass is 9.94. The Hall–Kier alpha value is -4.14. The first-order valence-electron chi connectivity index (χ1n) is 15.5. The maximum Gasteiger partial charge on any atom is 0.329 e. The molecule has 0 spiro atoms. The maximum absolute atomic E-state index is 13.9. The number of carbonyl (C=O) groups is 2. The van der Waals surface area contributed by atoms with Crippen molar-refractivity contribution < 1.29 is 28.5 Å². The number of rotatable bonds is 15. The Bertz CT molecular complexity index is 1270. The van der Waals surface area contributed by atoms with Gasteiger partial charge in [0.2, 0.25) is 11.7 Å². The molecule has 2 aromatic heterocycles. The van der Waals surface area contributed by atoms with Crippen molar-refractivity contribution in [3.8, 4) is 17.2 Å². The van der Waals surface area contributed by atoms with Crippen molar-refractivity contribution in [1.29, 1.82) is 0 Å². The summed E-state index contributed by atoms with van der Waals surface area (Å²) in [5, 5.41) is 0. The Morgan fingerprint density at radius 1 is 0.886 bits per heavy atom. The molecule has 1 aliphatic rings. The second kappa shape index (κ2) is 16.6. The van der Waals surface area contributed by atoms with Gasteiger partial charge in [0.05, 0.1) is 27.2 Å². The molecule has 0 unspecified atom stereocenters. The Balaban J connectivity index is 1.45. The predicted octanol–water partition coefficient (Wildman–Crippen LogP) is 5.94. The smallest absolute Gasteiger partial charge is 0.329 e. The predicted molar refractivity (Wildman–Crippen MR) is 168 cm³/mol. The van der Waals surface area contributed by atoms with Crippen molar-refractivity contribution in [2.75, 3.05) is 27.9 Å². The molecule has 1 fully saturated rings. The molecule has 1 aliphatic heterocycles. The SMILES string of the molecule is COc1cc([C@H](C)C(=O)N2CCCC[C@H]2C(=O)OC(CCCc2cccnc2)CCCc2cccnc2)cc(OC)c1OC. The lowest BCUT2D eigenvalue weighted by molar-refractivity contribution is -0.162. The van der Waals surface area contributed by atoms with Gasteiger partial charge in [0.25, 0.3) is 0 Å². The van der Waals surface area contributed by atoms with Crippen LogP contribution in [0.2, 0.25) is 0 Å². The molecule has 4 rings (SSSR count). The number of benzene rings is 1. The zero-order valence-corrected chi connectivity index (χ0v) is 26.4. The van der Waals surface area contributed by atoms with E-state index in [1.807, 2.05) is 31.5 Å². The molecule has 236 valence electrons. The molecule has 3 aromatic rings. The van der Waals surface area contributed by atoms with Gasteiger partial charge in [0, 0.05) is 31.3 Å². The third-order valence-corrected chi connectivity index (χ3v) is 8.33. The summed E-state index contributed by atoms with van der Waals surface area (Å²) in [6.07, 6.45) is 14.3. The molecule has 0 N–H and O–H groups in total. The van der Waals surface area contributed by atoms with E-state index in [1.54, 1.807) is 50.8 Å². The molecule has 3 heterocycles. The first kappa shape index (κ1) is 32.8. The topological polar surface area (TPSA) is 100 Å². The fourth-order valence-corrected chi connectivity index (χ4v) is 5.85. The van der Waals surface area contributed by atoms with Gasteiger partial charge in [-0.1, -0.05) is 12.1 Å². The molecule has 1 aromatic carbocycles. The average molecular weight is 604 g/mol. The minimum Gasteiger partial charge on any atom is -0.493 e. The summed E-state index contributed by atoms with van der Waals surface area (Å²) in [4.78, 5) is 37.8. The summed E-state index contributed by atoms with van der Waals surface area (Å²) < 4.78 is 22.7. The van der Waals surface area contributed by atoms with Crippen molar-refractivity contribution in [3.05, 3.63) is 77.9 Å². The van der Waals surface area contributed by atoms with Crippen LogP contribution in [0.15, 0.2) is 61.2 Å². The highest BCUT2D eigenvalue weighted by Crippen LogP contribution is 2.40. The molecule has 0 radical (unpaired) electrons. The molecular formula is C35H45N3O6. The van der Waals surface area contributed by atoms with E-state index >= 15 is 0 Å². The highest BCUT2D eigenvalue weighted by atomic mass is 16.5. The fraction of sp³-hybridized carbons (Fsp3) is 0.486. The lowest BCUT2D eigenvalue weighted by Crippen LogP contribution is -2.50. The third-order valence-electron chi connectivity index (χ3n) is 8.33. The van der Waals surface area contributed by atoms with Crippen molar-refractivity contribution >= 4 is 11.9 Å². The number of likely N-dealkylation sites (tertiary alicyclic amines) is 1. The van der Waals surface area contributed by atoms with E-state index in [-0.39, 0.29) is 18.0 Å². The number of carbonyl (C=O) groups excluding carboxylic acids is 2. The van der Waals surface area contributed by atoms with Crippen molar-refractivity contribution in [2.45, 2.75) is 82.8 Å². The highest BCUT2D eigenvalue weighted by Gasteiger charge is 2.37. The molecule has 1 saturated heterocycles. The van der Waals surface area contributed by atoms with Crippen LogP contribution < -0.4 is 14.2 Å². The van der Waals surface area contributed by atoms with E-state index in [9.17, 15) is 9.59 Å². The third kappa shape index (κ3) is 8.71. The van der Waals surface area contributed by atoms with Crippen molar-refractivity contribution in [1.82, 2.24) is 14.9 Å². The van der Waals surface area contributed by atoms with E-state index in [2.05, 4.69) is 22.1 Å². The van der Waals surface area contributed by atoms with E-state index < -0.39 is 12.0 Å². The standard InChI is InChI=1S/C35H45N3O6/c1-25(28-21-31(41-2)33(43-4)32(22-28)42-3)34(39)38-20-6-5-17-30(38)35(40)44-29(15-7-11-26-13-9-18-36-23-26)16-8-12-27-14-10-19-37-24-27/h9-10,13-14,18-19,21-25,29-30H,5-8,11-12,15-17,20H2,1-4H3/t25-,30-/m0/s1. The zero-order valence-electron chi connectivity index (χ0n) is 26.4. The van der Waals surface area contributed by atoms with Crippen LogP contribution in [-0.4, -0.2) is 66.8 Å². The number of hydrogen-bond acceptors (Lipinski definition) is 8. The largest absolute Gasteiger partial charge is 0.493 e. The van der Waals surface area contributed by atoms with Gasteiger partial charge in [0.15, 0.2) is 11.5 Å². The molecule has 2 atom stereocenters. The number of nitrogens with zero attached hydrogens (tertiary/aromatic N) is 3. The molecule has 0 aliphatic carbocycles. The van der Waals surface area contributed by atoms with Gasteiger partial charge < -0.3 is 23.8 Å². The Labute approximate surface area is 260 Å². The summed E-state index contributed by atoms with van der Waals surface area (Å²) in [6.45, 7) is 2.36. The van der Waals surface area contributed by atoms with Crippen LogP contribution in [0.25, 0.3) is 0 Å². The molecule has 9 nitrogen and oxygen atoms in total. The highest BCUT2D eigenvalue weighted by molar-refractivity contribution is 5.89. The number of esters is 1. The molecular weight excluding hydrogens is 558 g/mol. The number of piperidine rings is 1. The lowest BCUT2D eigenvalue weighted by Gasteiger charge is -2.36. The van der Waals surface area contributed by atoms with Crippen LogP contribution in [-0.2, 0) is 27.2 Å². The second-order valence-corrected chi connectivity index (χ2v) is 11.3. The van der Waals surface area contributed by atoms with Gasteiger partial charge in [-0.05, 0) is 106 Å². The number of aryl methyl sites for hydroxylation is 2. The Morgan fingerprint density at radius 2 is 1.48 bits per heavy atom. The van der Waals surface area contributed by atoms with E-state index in [4.69, 9.17) is 18.9 Å². The van der Waals surface area contributed by atoms with Crippen LogP contribution in [0.1, 0.15) is 74.5 Å². The quantitative estimate of drug-likeness (QED) is 0.197. The van der Waals surface area contributed by atoms with Gasteiger partial charge in [-0.25, -0.2) is 4.79 Å². The Morgan fingerprint density at radius 3 is 1.98 bits per heavy atom. The number of pyridine rings is 2. The van der Waals surface area contributed by atoms with Gasteiger partial charge in [-0.3, -0.25) is 14.8 Å². The monoisotopic (exact) mass is 603 g/mol. The van der Waals surface area contributed by atoms with E-state index in [1.165, 1.54) is 0 Å². The van der Waals surface area contributed by atoms with E-state index in [0.717, 1.165) is 68.1 Å². The molecule has 0 bridgehead atoms. The maximum atomic E-state index is 13.9. The zero-order chi connectivity index (χ0) is 31.3. The van der Waals surface area contributed by atoms with Gasteiger partial charge in [-0.2, -0.15) is 0 Å². The fourth-order valence-electron chi connectivity index (χ4n) is 5.85. The van der Waals surface area contributed by atoms with Crippen molar-refractivity contribution in [2.24, 2.45) is 0 Å². The van der Waals surface area contributed by atoms with Gasteiger partial charge in [-0.15, -0.1) is 0 Å². The van der Waals surface area contributed by atoms with Crippen molar-refractivity contribution in [3.63, 3.8) is 0 Å². The van der Waals surface area contributed by atoms with E-state index in [0.29, 0.717) is 30.2 Å². The number of amides is 1. The number of aromatic nitrogens is 2. The summed E-state index contributed by atoms with van der Waals surface area (Å²) in [7, 11) is 4.64. The first-order valence-corrected chi connectivity index (χ1v) is 15.5. The molecule has 9 heteroatoms. The molecule has 44 heavy (non-hydrogen) atoms. The van der Waals surface area contributed by atoms with Gasteiger partial charge >= 0.3 is 5.97 Å². The minimum absolute atomic E-state index is 0.120. The normalized spacial score (nSPS) is 15.5. The van der Waals surface area contributed by atoms with Crippen LogP contribution >= 0.6 is 0 Å². The first-order chi connectivity index (χ1) is 21.4. The van der Waals surface area contributed by atoms with Crippen LogP contribution in [0.3, 0.4) is 0 Å². The molecule has 1 amide bonds. The Kier molecular flexibility index (Phi) is 12.4. The van der Waals surface area contributed by atoms with Crippen LogP contribution in [0.5, 0.6) is 17.2 Å². The average Bonchev–Trinajstić information content (AvgIpc) is 3.07. The molecule has 0 saturated carbocycles. The summed E-state index contributed by atoms with van der Waals surface area (Å²) in [6, 6.07) is 11.0. The summed E-state index contributed by atoms with van der Waals surface area (Å²) in [5.74, 6) is 0.476. The second-order valence-electron chi connectivity index (χ2n) is 11.3. The number of ether oxygens (including phenoxy) is 4. The number of methoxy groups -OCH3 is 3. The summed E-state index contributed by atoms with van der Waals surface area (Å²) >= 11 is 0.